The maximum atomic E-state index is 12.2. The van der Waals surface area contributed by atoms with Crippen LogP contribution in [0.1, 0.15) is 37.0 Å². The van der Waals surface area contributed by atoms with Crippen molar-refractivity contribution in [3.63, 3.8) is 0 Å². The Labute approximate surface area is 134 Å². The van der Waals surface area contributed by atoms with Crippen molar-refractivity contribution in [1.82, 2.24) is 5.32 Å². The van der Waals surface area contributed by atoms with E-state index in [1.807, 2.05) is 0 Å². The van der Waals surface area contributed by atoms with Crippen molar-refractivity contribution in [2.45, 2.75) is 32.7 Å². The fourth-order valence-electron chi connectivity index (χ4n) is 3.01. The molecular formula is C17H20N2O4. The van der Waals surface area contributed by atoms with Crippen molar-refractivity contribution in [3.05, 3.63) is 29.8 Å². The quantitative estimate of drug-likeness (QED) is 0.773. The molecule has 1 aromatic carbocycles. The molecular weight excluding hydrogens is 296 g/mol. The van der Waals surface area contributed by atoms with E-state index in [2.05, 4.69) is 10.6 Å². The first-order valence-corrected chi connectivity index (χ1v) is 7.75. The van der Waals surface area contributed by atoms with Gasteiger partial charge in [0.15, 0.2) is 0 Å². The maximum Gasteiger partial charge on any atom is 0.307 e. The Morgan fingerprint density at radius 2 is 1.70 bits per heavy atom. The average molecular weight is 316 g/mol. The summed E-state index contributed by atoms with van der Waals surface area (Å²) >= 11 is 0. The van der Waals surface area contributed by atoms with Crippen LogP contribution in [0.2, 0.25) is 0 Å². The highest BCUT2D eigenvalue weighted by Gasteiger charge is 2.65. The van der Waals surface area contributed by atoms with Crippen LogP contribution < -0.4 is 10.6 Å². The number of hydrogen-bond acceptors (Lipinski definition) is 3. The zero-order chi connectivity index (χ0) is 16.8. The first-order chi connectivity index (χ1) is 10.8. The summed E-state index contributed by atoms with van der Waals surface area (Å²) in [5, 5.41) is 14.8. The maximum absolute atomic E-state index is 12.2. The van der Waals surface area contributed by atoms with Gasteiger partial charge in [-0.25, -0.2) is 0 Å². The lowest BCUT2D eigenvalue weighted by Gasteiger charge is -2.07. The summed E-state index contributed by atoms with van der Waals surface area (Å²) < 4.78 is 0. The van der Waals surface area contributed by atoms with Crippen LogP contribution in [0.5, 0.6) is 0 Å². The molecule has 6 nitrogen and oxygen atoms in total. The highest BCUT2D eigenvalue weighted by Crippen LogP contribution is 2.58. The van der Waals surface area contributed by atoms with E-state index in [-0.39, 0.29) is 11.8 Å². The lowest BCUT2D eigenvalue weighted by atomic mass is 10.1. The van der Waals surface area contributed by atoms with Gasteiger partial charge in [-0.2, -0.15) is 0 Å². The average Bonchev–Trinajstić information content (AvgIpc) is 3.36. The van der Waals surface area contributed by atoms with Crippen molar-refractivity contribution < 1.29 is 19.5 Å². The van der Waals surface area contributed by atoms with Gasteiger partial charge in [0.25, 0.3) is 5.91 Å². The van der Waals surface area contributed by atoms with Crippen molar-refractivity contribution in [3.8, 4) is 0 Å². The second-order valence-corrected chi connectivity index (χ2v) is 6.93. The third kappa shape index (κ3) is 3.06. The van der Waals surface area contributed by atoms with Crippen LogP contribution in [0.4, 0.5) is 5.69 Å². The van der Waals surface area contributed by atoms with E-state index in [4.69, 9.17) is 5.11 Å². The predicted molar refractivity (Wildman–Crippen MR) is 84.0 cm³/mol. The Balaban J connectivity index is 1.61. The number of hydrogen-bond donors (Lipinski definition) is 3. The highest BCUT2D eigenvalue weighted by atomic mass is 16.4. The highest BCUT2D eigenvalue weighted by molar-refractivity contribution is 6.00. The summed E-state index contributed by atoms with van der Waals surface area (Å²) in [5.74, 6) is -2.52. The van der Waals surface area contributed by atoms with Crippen molar-refractivity contribution >= 4 is 23.5 Å². The molecule has 0 saturated heterocycles. The minimum absolute atomic E-state index is 0.111. The van der Waals surface area contributed by atoms with Crippen LogP contribution in [0.15, 0.2) is 24.3 Å². The molecule has 2 aliphatic rings. The van der Waals surface area contributed by atoms with Crippen LogP contribution in [-0.2, 0) is 9.59 Å². The second kappa shape index (κ2) is 5.37. The van der Waals surface area contributed by atoms with Crippen LogP contribution >= 0.6 is 0 Å². The minimum Gasteiger partial charge on any atom is -0.481 e. The summed E-state index contributed by atoms with van der Waals surface area (Å²) in [5.41, 5.74) is 0.579. The number of nitrogens with one attached hydrogen (secondary N) is 2. The van der Waals surface area contributed by atoms with E-state index in [1.54, 1.807) is 38.1 Å². The van der Waals surface area contributed by atoms with Crippen molar-refractivity contribution in [2.75, 3.05) is 5.32 Å². The van der Waals surface area contributed by atoms with Gasteiger partial charge in [-0.05, 0) is 42.5 Å². The molecule has 0 unspecified atom stereocenters. The van der Waals surface area contributed by atoms with Crippen LogP contribution in [0, 0.1) is 17.3 Å². The predicted octanol–water partition coefficient (Wildman–Crippen LogP) is 1.87. The van der Waals surface area contributed by atoms with Gasteiger partial charge in [-0.1, -0.05) is 13.8 Å². The van der Waals surface area contributed by atoms with Crippen LogP contribution in [0.3, 0.4) is 0 Å². The molecule has 0 aliphatic heterocycles. The second-order valence-electron chi connectivity index (χ2n) is 6.93. The number of aliphatic carboxylic acids is 1. The summed E-state index contributed by atoms with van der Waals surface area (Å²) in [7, 11) is 0. The molecule has 0 spiro atoms. The van der Waals surface area contributed by atoms with E-state index in [0.29, 0.717) is 17.3 Å². The van der Waals surface area contributed by atoms with Gasteiger partial charge in [-0.15, -0.1) is 0 Å². The molecule has 2 amide bonds. The number of carboxylic acid groups (broad SMARTS) is 1. The fraction of sp³-hybridized carbons (Fsp3) is 0.471. The van der Waals surface area contributed by atoms with Gasteiger partial charge in [0.1, 0.15) is 0 Å². The standard InChI is InChI=1S/C17H20N2O4/c1-17(2)12(13(17)16(22)23)15(21)19-10-5-3-9(4-6-10)14(20)18-11-7-8-11/h3-6,11-13H,7-8H2,1-2H3,(H,18,20)(H,19,21)(H,22,23)/t12-,13-/m1/s1. The number of rotatable bonds is 5. The van der Waals surface area contributed by atoms with E-state index < -0.39 is 23.2 Å². The molecule has 2 aliphatic carbocycles. The third-order valence-corrected chi connectivity index (χ3v) is 4.70. The SMILES string of the molecule is CC1(C)[C@@H](C(=O)O)[C@@H]1C(=O)Nc1ccc(C(=O)NC2CC2)cc1. The molecule has 3 rings (SSSR count). The Kier molecular flexibility index (Phi) is 3.62. The van der Waals surface area contributed by atoms with Crippen molar-refractivity contribution in [1.29, 1.82) is 0 Å². The first-order valence-electron chi connectivity index (χ1n) is 7.75. The largest absolute Gasteiger partial charge is 0.481 e. The molecule has 3 N–H and O–H groups in total. The smallest absolute Gasteiger partial charge is 0.307 e. The van der Waals surface area contributed by atoms with Gasteiger partial charge in [0, 0.05) is 17.3 Å². The number of carbonyl (C=O) groups excluding carboxylic acids is 2. The summed E-state index contributed by atoms with van der Waals surface area (Å²) in [6.45, 7) is 3.56. The van der Waals surface area contributed by atoms with Gasteiger partial charge in [0.05, 0.1) is 11.8 Å². The number of carboxylic acids is 1. The lowest BCUT2D eigenvalue weighted by molar-refractivity contribution is -0.140. The Morgan fingerprint density at radius 3 is 2.17 bits per heavy atom. The molecule has 2 atom stereocenters. The van der Waals surface area contributed by atoms with E-state index in [9.17, 15) is 14.4 Å². The Hall–Kier alpha value is -2.37. The molecule has 23 heavy (non-hydrogen) atoms. The summed E-state index contributed by atoms with van der Waals surface area (Å²) in [4.78, 5) is 35.2. The van der Waals surface area contributed by atoms with Gasteiger partial charge < -0.3 is 15.7 Å². The van der Waals surface area contributed by atoms with Gasteiger partial charge in [-0.3, -0.25) is 14.4 Å². The number of amides is 2. The van der Waals surface area contributed by atoms with Crippen molar-refractivity contribution in [2.24, 2.45) is 17.3 Å². The van der Waals surface area contributed by atoms with Gasteiger partial charge >= 0.3 is 5.97 Å². The van der Waals surface area contributed by atoms with Crippen LogP contribution in [0.25, 0.3) is 0 Å². The molecule has 2 fully saturated rings. The number of carbonyl (C=O) groups is 3. The monoisotopic (exact) mass is 316 g/mol. The lowest BCUT2D eigenvalue weighted by Crippen LogP contribution is -2.25. The van der Waals surface area contributed by atoms with Crippen LogP contribution in [-0.4, -0.2) is 28.9 Å². The normalized spacial score (nSPS) is 24.6. The van der Waals surface area contributed by atoms with E-state index in [1.165, 1.54) is 0 Å². The molecule has 1 aromatic rings. The third-order valence-electron chi connectivity index (χ3n) is 4.70. The zero-order valence-electron chi connectivity index (χ0n) is 13.1. The molecule has 6 heteroatoms. The Bertz CT molecular complexity index is 662. The first kappa shape index (κ1) is 15.5. The fourth-order valence-corrected chi connectivity index (χ4v) is 3.01. The molecule has 2 saturated carbocycles. The molecule has 0 bridgehead atoms. The number of benzene rings is 1. The molecule has 0 heterocycles. The summed E-state index contributed by atoms with van der Waals surface area (Å²) in [6, 6.07) is 6.92. The topological polar surface area (TPSA) is 95.5 Å². The molecule has 0 radical (unpaired) electrons. The Morgan fingerprint density at radius 1 is 1.09 bits per heavy atom. The van der Waals surface area contributed by atoms with Gasteiger partial charge in [0.2, 0.25) is 5.91 Å². The van der Waals surface area contributed by atoms with E-state index in [0.717, 1.165) is 12.8 Å². The summed E-state index contributed by atoms with van der Waals surface area (Å²) in [6.07, 6.45) is 2.06. The minimum atomic E-state index is -0.942. The number of anilines is 1. The zero-order valence-corrected chi connectivity index (χ0v) is 13.1. The molecule has 0 aromatic heterocycles. The molecule has 122 valence electrons. The van der Waals surface area contributed by atoms with E-state index >= 15 is 0 Å².